The summed E-state index contributed by atoms with van der Waals surface area (Å²) in [4.78, 5) is 1.55. The number of nitrogens with zero attached hydrogens (tertiary/aromatic N) is 1. The fraction of sp³-hybridized carbons (Fsp3) is 0.364. The number of quaternary nitrogens is 1. The van der Waals surface area contributed by atoms with Crippen LogP contribution in [0.1, 0.15) is 5.56 Å². The van der Waals surface area contributed by atoms with Crippen LogP contribution in [-0.2, 0) is 6.54 Å². The van der Waals surface area contributed by atoms with Gasteiger partial charge in [0.15, 0.2) is 6.54 Å². The Morgan fingerprint density at radius 1 is 1.31 bits per heavy atom. The summed E-state index contributed by atoms with van der Waals surface area (Å²) < 4.78 is 2.26. The molecule has 0 saturated heterocycles. The average molecular weight is 176 g/mol. The second kappa shape index (κ2) is 3.71. The molecule has 1 aromatic rings. The Hall–Kier alpha value is -1.15. The second-order valence-electron chi connectivity index (χ2n) is 3.68. The van der Waals surface area contributed by atoms with Crippen LogP contribution in [0.5, 0.6) is 0 Å². The van der Waals surface area contributed by atoms with Crippen LogP contribution in [0.4, 0.5) is 0 Å². The van der Waals surface area contributed by atoms with Gasteiger partial charge in [-0.2, -0.15) is 4.58 Å². The molecule has 0 aliphatic carbocycles. The van der Waals surface area contributed by atoms with E-state index < -0.39 is 0 Å². The van der Waals surface area contributed by atoms with Gasteiger partial charge in [-0.05, 0) is 0 Å². The molecule has 2 rings (SSSR count). The van der Waals surface area contributed by atoms with E-state index in [9.17, 15) is 0 Å². The molecule has 68 valence electrons. The van der Waals surface area contributed by atoms with Crippen molar-refractivity contribution in [2.45, 2.75) is 6.54 Å². The average Bonchev–Trinajstić information content (AvgIpc) is 2.53. The van der Waals surface area contributed by atoms with Crippen molar-refractivity contribution in [3.05, 3.63) is 35.9 Å². The van der Waals surface area contributed by atoms with Crippen LogP contribution in [0.3, 0.4) is 0 Å². The first-order valence-corrected chi connectivity index (χ1v) is 4.78. The fourth-order valence-electron chi connectivity index (χ4n) is 1.75. The van der Waals surface area contributed by atoms with Gasteiger partial charge in [-0.25, -0.2) is 4.90 Å². The number of rotatable bonds is 2. The van der Waals surface area contributed by atoms with Crippen LogP contribution >= 0.6 is 0 Å². The van der Waals surface area contributed by atoms with Crippen molar-refractivity contribution in [1.29, 1.82) is 0 Å². The molecule has 1 N–H and O–H groups in total. The van der Waals surface area contributed by atoms with Gasteiger partial charge < -0.3 is 0 Å². The molecule has 13 heavy (non-hydrogen) atoms. The molecule has 2 nitrogen and oxygen atoms in total. The lowest BCUT2D eigenvalue weighted by molar-refractivity contribution is -0.808. The largest absolute Gasteiger partial charge is 0.325 e. The quantitative estimate of drug-likeness (QED) is 0.595. The summed E-state index contributed by atoms with van der Waals surface area (Å²) in [6.07, 6.45) is 2.27. The van der Waals surface area contributed by atoms with Gasteiger partial charge in [0.2, 0.25) is 0 Å². The van der Waals surface area contributed by atoms with E-state index in [0.717, 1.165) is 6.54 Å². The van der Waals surface area contributed by atoms with Gasteiger partial charge in [0.1, 0.15) is 20.1 Å². The van der Waals surface area contributed by atoms with Crippen molar-refractivity contribution in [2.75, 3.05) is 20.1 Å². The molecule has 0 bridgehead atoms. The Kier molecular flexibility index (Phi) is 2.41. The molecule has 1 aromatic carbocycles. The third kappa shape index (κ3) is 2.16. The molecule has 1 unspecified atom stereocenters. The van der Waals surface area contributed by atoms with Crippen LogP contribution in [0.25, 0.3) is 0 Å². The van der Waals surface area contributed by atoms with Crippen molar-refractivity contribution < 1.29 is 9.48 Å². The van der Waals surface area contributed by atoms with E-state index in [1.54, 1.807) is 4.90 Å². The summed E-state index contributed by atoms with van der Waals surface area (Å²) in [5, 5.41) is 0. The van der Waals surface area contributed by atoms with E-state index in [-0.39, 0.29) is 0 Å². The molecule has 1 aliphatic rings. The molecular formula is C11H16N2+2. The van der Waals surface area contributed by atoms with Crippen molar-refractivity contribution in [3.63, 3.8) is 0 Å². The summed E-state index contributed by atoms with van der Waals surface area (Å²) >= 11 is 0. The third-order valence-corrected chi connectivity index (χ3v) is 2.46. The number of benzene rings is 1. The molecule has 0 aromatic heterocycles. The molecule has 1 atom stereocenters. The minimum atomic E-state index is 1.12. The second-order valence-corrected chi connectivity index (χ2v) is 3.68. The van der Waals surface area contributed by atoms with Crippen LogP contribution in [-0.4, -0.2) is 31.1 Å². The molecule has 0 fully saturated rings. The van der Waals surface area contributed by atoms with Crippen LogP contribution in [0.15, 0.2) is 30.3 Å². The molecule has 1 aliphatic heterocycles. The van der Waals surface area contributed by atoms with Gasteiger partial charge >= 0.3 is 6.34 Å². The lowest BCUT2D eigenvalue weighted by atomic mass is 10.2. The van der Waals surface area contributed by atoms with E-state index >= 15 is 0 Å². The van der Waals surface area contributed by atoms with E-state index in [0.29, 0.717) is 0 Å². The maximum Gasteiger partial charge on any atom is 0.325 e. The maximum atomic E-state index is 2.27. The first-order valence-electron chi connectivity index (χ1n) is 4.78. The SMILES string of the molecule is C[N+]1=C[NH+](Cc2ccccc2)CC1. The summed E-state index contributed by atoms with van der Waals surface area (Å²) in [6, 6.07) is 10.7. The van der Waals surface area contributed by atoms with Gasteiger partial charge in [-0.3, -0.25) is 0 Å². The topological polar surface area (TPSA) is 7.45 Å². The molecular weight excluding hydrogens is 160 g/mol. The zero-order chi connectivity index (χ0) is 9.10. The number of nitrogens with one attached hydrogen (secondary N) is 1. The summed E-state index contributed by atoms with van der Waals surface area (Å²) in [5.74, 6) is 0. The normalized spacial score (nSPS) is 21.6. The molecule has 0 amide bonds. The van der Waals surface area contributed by atoms with E-state index in [1.807, 2.05) is 0 Å². The Morgan fingerprint density at radius 3 is 2.69 bits per heavy atom. The summed E-state index contributed by atoms with van der Waals surface area (Å²) in [7, 11) is 2.14. The van der Waals surface area contributed by atoms with Gasteiger partial charge in [0, 0.05) is 5.56 Å². The van der Waals surface area contributed by atoms with Crippen molar-refractivity contribution in [1.82, 2.24) is 0 Å². The first kappa shape index (κ1) is 8.45. The highest BCUT2D eigenvalue weighted by molar-refractivity contribution is 5.37. The fourth-order valence-corrected chi connectivity index (χ4v) is 1.75. The summed E-state index contributed by atoms with van der Waals surface area (Å²) in [5.41, 5.74) is 1.42. The Morgan fingerprint density at radius 2 is 2.08 bits per heavy atom. The first-order chi connectivity index (χ1) is 6.34. The third-order valence-electron chi connectivity index (χ3n) is 2.46. The lowest BCUT2D eigenvalue weighted by Gasteiger charge is -2.04. The van der Waals surface area contributed by atoms with Gasteiger partial charge in [0.05, 0.1) is 0 Å². The van der Waals surface area contributed by atoms with Gasteiger partial charge in [-0.15, -0.1) is 0 Å². The molecule has 0 spiro atoms. The Labute approximate surface area is 79.1 Å². The van der Waals surface area contributed by atoms with E-state index in [4.69, 9.17) is 0 Å². The number of likely N-dealkylation sites (N-methyl/N-ethyl adjacent to an activating group) is 1. The zero-order valence-corrected chi connectivity index (χ0v) is 8.03. The Balaban J connectivity index is 2.00. The minimum absolute atomic E-state index is 1.12. The van der Waals surface area contributed by atoms with Gasteiger partial charge in [-0.1, -0.05) is 30.3 Å². The highest BCUT2D eigenvalue weighted by Crippen LogP contribution is 1.95. The summed E-state index contributed by atoms with van der Waals surface area (Å²) in [6.45, 7) is 3.53. The Bertz CT molecular complexity index is 303. The monoisotopic (exact) mass is 176 g/mol. The van der Waals surface area contributed by atoms with Crippen LogP contribution in [0.2, 0.25) is 0 Å². The predicted octanol–water partition coefficient (Wildman–Crippen LogP) is -0.244. The number of hydrogen-bond donors (Lipinski definition) is 1. The van der Waals surface area contributed by atoms with Crippen molar-refractivity contribution >= 4 is 6.34 Å². The smallest absolute Gasteiger partial charge is 0.245 e. The highest BCUT2D eigenvalue weighted by atomic mass is 15.3. The number of hydrogen-bond acceptors (Lipinski definition) is 0. The van der Waals surface area contributed by atoms with E-state index in [2.05, 4.69) is 48.3 Å². The molecule has 0 radical (unpaired) electrons. The van der Waals surface area contributed by atoms with Gasteiger partial charge in [0.25, 0.3) is 0 Å². The molecule has 2 heteroatoms. The molecule has 1 heterocycles. The predicted molar refractivity (Wildman–Crippen MR) is 53.1 cm³/mol. The van der Waals surface area contributed by atoms with Crippen molar-refractivity contribution in [3.8, 4) is 0 Å². The van der Waals surface area contributed by atoms with E-state index in [1.165, 1.54) is 18.7 Å². The van der Waals surface area contributed by atoms with Crippen LogP contribution in [0, 0.1) is 0 Å². The van der Waals surface area contributed by atoms with Crippen LogP contribution < -0.4 is 4.90 Å². The standard InChI is InChI=1S/C11H15N2/c1-12-7-8-13(10-12)9-11-5-3-2-4-6-11/h2-6,10H,7-9H2,1H3/q+1/p+1. The minimum Gasteiger partial charge on any atom is -0.245 e. The maximum absolute atomic E-state index is 2.27. The lowest BCUT2D eigenvalue weighted by Crippen LogP contribution is -3.08. The highest BCUT2D eigenvalue weighted by Gasteiger charge is 2.19. The molecule has 0 saturated carbocycles. The zero-order valence-electron chi connectivity index (χ0n) is 8.03. The van der Waals surface area contributed by atoms with Crippen molar-refractivity contribution in [2.24, 2.45) is 0 Å².